The maximum Gasteiger partial charge on any atom is 0.339 e. The molecule has 0 saturated heterocycles. The number of aromatic carboxylic acids is 1. The highest BCUT2D eigenvalue weighted by Crippen LogP contribution is 2.30. The number of nitrogens with zero attached hydrogens (tertiary/aromatic N) is 1. The first-order chi connectivity index (χ1) is 6.18. The number of hydrogen-bond donors (Lipinski definition) is 2. The molecule has 2 heterocycles. The van der Waals surface area contributed by atoms with Gasteiger partial charge in [-0.15, -0.1) is 0 Å². The normalized spacial score (nSPS) is 14.2. The van der Waals surface area contributed by atoms with Gasteiger partial charge >= 0.3 is 5.97 Å². The maximum absolute atomic E-state index is 10.7. The Bertz CT molecular complexity index is 379. The van der Waals surface area contributed by atoms with Crippen LogP contribution in [-0.4, -0.2) is 16.1 Å². The van der Waals surface area contributed by atoms with Crippen molar-refractivity contribution >= 4 is 23.5 Å². The monoisotopic (exact) mass is 196 g/mol. The van der Waals surface area contributed by atoms with E-state index in [9.17, 15) is 4.79 Å². The predicted octanol–water partition coefficient (Wildman–Crippen LogP) is 1.11. The number of carboxylic acids is 1. The summed E-state index contributed by atoms with van der Waals surface area (Å²) in [7, 11) is 0. The highest BCUT2D eigenvalue weighted by molar-refractivity contribution is 7.98. The van der Waals surface area contributed by atoms with Crippen molar-refractivity contribution in [3.05, 3.63) is 22.9 Å². The Labute approximate surface area is 79.2 Å². The molecular formula is C8H8N2O2S. The molecule has 0 unspecified atom stereocenters. The third-order valence-corrected chi connectivity index (χ3v) is 2.94. The standard InChI is InChI=1S/C8H8N2O2S/c9-7-5(8(11)12)1-4-2-13-3-6(4)10-7/h1H,2-3H2,(H2,9,10)(H,11,12). The first-order valence-corrected chi connectivity index (χ1v) is 4.93. The Hall–Kier alpha value is -1.23. The van der Waals surface area contributed by atoms with Gasteiger partial charge in [0.15, 0.2) is 0 Å². The Morgan fingerprint density at radius 3 is 3.08 bits per heavy atom. The summed E-state index contributed by atoms with van der Waals surface area (Å²) in [6, 6.07) is 1.62. The van der Waals surface area contributed by atoms with Crippen molar-refractivity contribution in [2.75, 3.05) is 5.73 Å². The Morgan fingerprint density at radius 2 is 2.38 bits per heavy atom. The molecule has 0 atom stereocenters. The predicted molar refractivity (Wildman–Crippen MR) is 50.6 cm³/mol. The first-order valence-electron chi connectivity index (χ1n) is 3.78. The van der Waals surface area contributed by atoms with E-state index >= 15 is 0 Å². The van der Waals surface area contributed by atoms with E-state index in [4.69, 9.17) is 10.8 Å². The van der Waals surface area contributed by atoms with E-state index in [0.29, 0.717) is 0 Å². The third kappa shape index (κ3) is 1.35. The van der Waals surface area contributed by atoms with Gasteiger partial charge in [0.05, 0.1) is 5.69 Å². The van der Waals surface area contributed by atoms with Crippen molar-refractivity contribution in [2.45, 2.75) is 11.5 Å². The molecule has 1 aromatic heterocycles. The van der Waals surface area contributed by atoms with Gasteiger partial charge in [-0.25, -0.2) is 9.78 Å². The summed E-state index contributed by atoms with van der Waals surface area (Å²) in [6.45, 7) is 0. The molecule has 68 valence electrons. The Balaban J connectivity index is 2.55. The molecule has 13 heavy (non-hydrogen) atoms. The number of carbonyl (C=O) groups is 1. The van der Waals surface area contributed by atoms with E-state index in [-0.39, 0.29) is 11.4 Å². The fourth-order valence-corrected chi connectivity index (χ4v) is 2.30. The number of nitrogens with two attached hydrogens (primary N) is 1. The third-order valence-electron chi connectivity index (χ3n) is 1.95. The average molecular weight is 196 g/mol. The summed E-state index contributed by atoms with van der Waals surface area (Å²) >= 11 is 1.72. The van der Waals surface area contributed by atoms with Crippen molar-refractivity contribution in [3.8, 4) is 0 Å². The summed E-state index contributed by atoms with van der Waals surface area (Å²) in [5.41, 5.74) is 7.53. The van der Waals surface area contributed by atoms with Crippen LogP contribution in [0.2, 0.25) is 0 Å². The van der Waals surface area contributed by atoms with E-state index in [1.807, 2.05) is 0 Å². The van der Waals surface area contributed by atoms with Crippen molar-refractivity contribution in [1.29, 1.82) is 0 Å². The lowest BCUT2D eigenvalue weighted by molar-refractivity contribution is 0.0697. The highest BCUT2D eigenvalue weighted by Gasteiger charge is 2.18. The Morgan fingerprint density at radius 1 is 1.62 bits per heavy atom. The Kier molecular flexibility index (Phi) is 1.88. The van der Waals surface area contributed by atoms with Crippen LogP contribution in [0.3, 0.4) is 0 Å². The van der Waals surface area contributed by atoms with Gasteiger partial charge in [0, 0.05) is 11.5 Å². The minimum atomic E-state index is -1.01. The molecule has 0 radical (unpaired) electrons. The number of hydrogen-bond acceptors (Lipinski definition) is 4. The smallest absolute Gasteiger partial charge is 0.339 e. The number of nitrogen functional groups attached to an aromatic ring is 1. The van der Waals surface area contributed by atoms with Crippen molar-refractivity contribution in [3.63, 3.8) is 0 Å². The summed E-state index contributed by atoms with van der Waals surface area (Å²) in [5.74, 6) is 0.779. The van der Waals surface area contributed by atoms with Gasteiger partial charge in [-0.3, -0.25) is 0 Å². The molecule has 1 aliphatic heterocycles. The quantitative estimate of drug-likeness (QED) is 0.703. The molecule has 0 aromatic carbocycles. The van der Waals surface area contributed by atoms with Gasteiger partial charge in [0.25, 0.3) is 0 Å². The van der Waals surface area contributed by atoms with E-state index in [1.165, 1.54) is 0 Å². The average Bonchev–Trinajstić information content (AvgIpc) is 2.48. The van der Waals surface area contributed by atoms with Crippen LogP contribution in [0.15, 0.2) is 6.07 Å². The molecular weight excluding hydrogens is 188 g/mol. The minimum Gasteiger partial charge on any atom is -0.478 e. The molecule has 2 rings (SSSR count). The summed E-state index contributed by atoms with van der Waals surface area (Å²) < 4.78 is 0. The van der Waals surface area contributed by atoms with Crippen LogP contribution in [0, 0.1) is 0 Å². The topological polar surface area (TPSA) is 76.2 Å². The van der Waals surface area contributed by atoms with E-state index < -0.39 is 5.97 Å². The summed E-state index contributed by atoms with van der Waals surface area (Å²) in [5, 5.41) is 8.77. The number of anilines is 1. The van der Waals surface area contributed by atoms with Crippen LogP contribution in [0.4, 0.5) is 5.82 Å². The summed E-state index contributed by atoms with van der Waals surface area (Å²) in [4.78, 5) is 14.7. The molecule has 3 N–H and O–H groups in total. The number of carboxylic acid groups (broad SMARTS) is 1. The van der Waals surface area contributed by atoms with Crippen LogP contribution in [0.25, 0.3) is 0 Å². The van der Waals surface area contributed by atoms with Crippen molar-refractivity contribution < 1.29 is 9.90 Å². The largest absolute Gasteiger partial charge is 0.478 e. The lowest BCUT2D eigenvalue weighted by Gasteiger charge is -2.02. The van der Waals surface area contributed by atoms with Crippen LogP contribution in [-0.2, 0) is 11.5 Å². The fraction of sp³-hybridized carbons (Fsp3) is 0.250. The van der Waals surface area contributed by atoms with Crippen LogP contribution in [0.1, 0.15) is 21.6 Å². The van der Waals surface area contributed by atoms with Crippen LogP contribution in [0.5, 0.6) is 0 Å². The number of pyridine rings is 1. The molecule has 1 aromatic rings. The van der Waals surface area contributed by atoms with Gasteiger partial charge in [-0.1, -0.05) is 0 Å². The SMILES string of the molecule is Nc1nc2c(cc1C(=O)O)CSC2. The highest BCUT2D eigenvalue weighted by atomic mass is 32.2. The second kappa shape index (κ2) is 2.92. The van der Waals surface area contributed by atoms with Crippen molar-refractivity contribution in [2.24, 2.45) is 0 Å². The van der Waals surface area contributed by atoms with Gasteiger partial charge in [0.2, 0.25) is 0 Å². The molecule has 0 amide bonds. The zero-order chi connectivity index (χ0) is 9.42. The van der Waals surface area contributed by atoms with Gasteiger partial charge in [-0.05, 0) is 11.6 Å². The number of fused-ring (bicyclic) bond motifs is 1. The molecule has 1 aliphatic rings. The molecule has 4 nitrogen and oxygen atoms in total. The number of aromatic nitrogens is 1. The number of thioether (sulfide) groups is 1. The van der Waals surface area contributed by atoms with Crippen LogP contribution >= 0.6 is 11.8 Å². The van der Waals surface area contributed by atoms with Gasteiger partial charge in [-0.2, -0.15) is 11.8 Å². The van der Waals surface area contributed by atoms with Gasteiger partial charge < -0.3 is 10.8 Å². The zero-order valence-electron chi connectivity index (χ0n) is 6.78. The maximum atomic E-state index is 10.7. The van der Waals surface area contributed by atoms with Gasteiger partial charge in [0.1, 0.15) is 11.4 Å². The zero-order valence-corrected chi connectivity index (χ0v) is 7.60. The molecule has 0 fully saturated rings. The molecule has 5 heteroatoms. The van der Waals surface area contributed by atoms with E-state index in [0.717, 1.165) is 22.8 Å². The lowest BCUT2D eigenvalue weighted by Crippen LogP contribution is -2.06. The molecule has 0 aliphatic carbocycles. The second-order valence-corrected chi connectivity index (χ2v) is 3.81. The van der Waals surface area contributed by atoms with Crippen molar-refractivity contribution in [1.82, 2.24) is 4.98 Å². The minimum absolute atomic E-state index is 0.112. The lowest BCUT2D eigenvalue weighted by atomic mass is 10.1. The molecule has 0 bridgehead atoms. The summed E-state index contributed by atoms with van der Waals surface area (Å²) in [6.07, 6.45) is 0. The molecule has 0 spiro atoms. The van der Waals surface area contributed by atoms with E-state index in [1.54, 1.807) is 17.8 Å². The van der Waals surface area contributed by atoms with Crippen LogP contribution < -0.4 is 5.73 Å². The fourth-order valence-electron chi connectivity index (χ4n) is 1.29. The number of rotatable bonds is 1. The second-order valence-electron chi connectivity index (χ2n) is 2.82. The molecule has 0 saturated carbocycles. The first kappa shape index (κ1) is 8.37. The van der Waals surface area contributed by atoms with E-state index in [2.05, 4.69) is 4.98 Å².